The number of primary amides is 1. The third-order valence-electron chi connectivity index (χ3n) is 2.87. The SMILES string of the molecule is CSc1nnc(SCc2csc(-c3ccc(C(N)=O)cc3)n2)s1. The van der Waals surface area contributed by atoms with E-state index < -0.39 is 5.91 Å². The van der Waals surface area contributed by atoms with Crippen LogP contribution in [0.25, 0.3) is 10.6 Å². The summed E-state index contributed by atoms with van der Waals surface area (Å²) in [5, 5.41) is 11.2. The summed E-state index contributed by atoms with van der Waals surface area (Å²) in [5.74, 6) is 0.341. The first-order chi connectivity index (χ1) is 11.2. The predicted octanol–water partition coefficient (Wildman–Crippen LogP) is 3.77. The maximum Gasteiger partial charge on any atom is 0.248 e. The molecular weight excluding hydrogens is 368 g/mol. The average molecular weight is 381 g/mol. The topological polar surface area (TPSA) is 81.8 Å². The van der Waals surface area contributed by atoms with Gasteiger partial charge >= 0.3 is 0 Å². The van der Waals surface area contributed by atoms with Crippen LogP contribution in [0.4, 0.5) is 0 Å². The minimum absolute atomic E-state index is 0.422. The molecule has 0 radical (unpaired) electrons. The highest BCUT2D eigenvalue weighted by Gasteiger charge is 2.09. The van der Waals surface area contributed by atoms with Crippen molar-refractivity contribution in [2.24, 2.45) is 5.73 Å². The van der Waals surface area contributed by atoms with Gasteiger partial charge in [-0.15, -0.1) is 21.5 Å². The molecule has 0 fully saturated rings. The minimum Gasteiger partial charge on any atom is -0.366 e. The van der Waals surface area contributed by atoms with Crippen molar-refractivity contribution < 1.29 is 4.79 Å². The van der Waals surface area contributed by atoms with E-state index in [0.29, 0.717) is 5.56 Å². The zero-order chi connectivity index (χ0) is 16.2. The Morgan fingerprint density at radius 1 is 1.22 bits per heavy atom. The monoisotopic (exact) mass is 380 g/mol. The van der Waals surface area contributed by atoms with Gasteiger partial charge < -0.3 is 5.73 Å². The van der Waals surface area contributed by atoms with E-state index in [9.17, 15) is 4.79 Å². The Labute approximate surface area is 149 Å². The van der Waals surface area contributed by atoms with Crippen molar-refractivity contribution in [3.05, 3.63) is 40.9 Å². The van der Waals surface area contributed by atoms with E-state index in [1.807, 2.05) is 23.8 Å². The highest BCUT2D eigenvalue weighted by molar-refractivity contribution is 8.02. The van der Waals surface area contributed by atoms with Gasteiger partial charge in [0.05, 0.1) is 5.69 Å². The van der Waals surface area contributed by atoms with Crippen molar-refractivity contribution in [1.82, 2.24) is 15.2 Å². The molecule has 5 nitrogen and oxygen atoms in total. The van der Waals surface area contributed by atoms with E-state index in [1.54, 1.807) is 58.3 Å². The van der Waals surface area contributed by atoms with Gasteiger partial charge in [-0.3, -0.25) is 4.79 Å². The number of carbonyl (C=O) groups is 1. The second-order valence-electron chi connectivity index (χ2n) is 4.41. The van der Waals surface area contributed by atoms with Gasteiger partial charge in [0.25, 0.3) is 0 Å². The Hall–Kier alpha value is -1.42. The third kappa shape index (κ3) is 4.11. The van der Waals surface area contributed by atoms with Gasteiger partial charge in [-0.2, -0.15) is 0 Å². The predicted molar refractivity (Wildman–Crippen MR) is 97.3 cm³/mol. The van der Waals surface area contributed by atoms with E-state index in [0.717, 1.165) is 30.7 Å². The summed E-state index contributed by atoms with van der Waals surface area (Å²) < 4.78 is 1.93. The number of nitrogens with zero attached hydrogens (tertiary/aromatic N) is 3. The summed E-state index contributed by atoms with van der Waals surface area (Å²) in [6, 6.07) is 7.17. The van der Waals surface area contributed by atoms with Gasteiger partial charge in [0.1, 0.15) is 5.01 Å². The van der Waals surface area contributed by atoms with E-state index >= 15 is 0 Å². The fourth-order valence-corrected chi connectivity index (χ4v) is 5.02. The Morgan fingerprint density at radius 3 is 2.61 bits per heavy atom. The normalized spacial score (nSPS) is 10.8. The van der Waals surface area contributed by atoms with Crippen LogP contribution < -0.4 is 5.73 Å². The van der Waals surface area contributed by atoms with Gasteiger partial charge in [-0.1, -0.05) is 47.0 Å². The zero-order valence-corrected chi connectivity index (χ0v) is 15.3. The molecule has 0 unspecified atom stereocenters. The quantitative estimate of drug-likeness (QED) is 0.656. The van der Waals surface area contributed by atoms with Crippen LogP contribution in [0.15, 0.2) is 38.3 Å². The molecule has 118 valence electrons. The standard InChI is InChI=1S/C14H12N4OS4/c1-20-13-17-18-14(23-13)22-7-10-6-21-12(16-10)9-4-2-8(3-5-9)11(15)19/h2-6H,7H2,1H3,(H2,15,19). The van der Waals surface area contributed by atoms with Crippen LogP contribution in [0, 0.1) is 0 Å². The van der Waals surface area contributed by atoms with Crippen molar-refractivity contribution in [2.45, 2.75) is 14.4 Å². The molecule has 0 saturated carbocycles. The van der Waals surface area contributed by atoms with E-state index in [4.69, 9.17) is 5.73 Å². The molecule has 0 saturated heterocycles. The zero-order valence-electron chi connectivity index (χ0n) is 12.1. The van der Waals surface area contributed by atoms with Crippen LogP contribution >= 0.6 is 46.2 Å². The molecule has 0 bridgehead atoms. The summed E-state index contributed by atoms with van der Waals surface area (Å²) in [6.07, 6.45) is 1.99. The maximum atomic E-state index is 11.1. The Bertz CT molecular complexity index is 812. The molecule has 0 atom stereocenters. The molecule has 0 spiro atoms. The second kappa shape index (κ2) is 7.43. The number of rotatable bonds is 6. The minimum atomic E-state index is -0.422. The largest absolute Gasteiger partial charge is 0.366 e. The lowest BCUT2D eigenvalue weighted by Crippen LogP contribution is -2.10. The Balaban J connectivity index is 1.66. The average Bonchev–Trinajstić information content (AvgIpc) is 3.22. The third-order valence-corrected chi connectivity index (χ3v) is 6.88. The van der Waals surface area contributed by atoms with Gasteiger partial charge in [0, 0.05) is 22.3 Å². The molecule has 2 N–H and O–H groups in total. The summed E-state index contributed by atoms with van der Waals surface area (Å²) in [5.41, 5.74) is 7.74. The number of aromatic nitrogens is 3. The van der Waals surface area contributed by atoms with Gasteiger partial charge in [0.15, 0.2) is 8.68 Å². The molecule has 0 aliphatic carbocycles. The molecule has 2 aromatic heterocycles. The summed E-state index contributed by atoms with van der Waals surface area (Å²) >= 11 is 6.42. The highest BCUT2D eigenvalue weighted by Crippen LogP contribution is 2.31. The van der Waals surface area contributed by atoms with Crippen molar-refractivity contribution in [3.8, 4) is 10.6 Å². The Morgan fingerprint density at radius 2 is 1.96 bits per heavy atom. The number of amides is 1. The van der Waals surface area contributed by atoms with Crippen molar-refractivity contribution >= 4 is 52.1 Å². The number of thiazole rings is 1. The summed E-state index contributed by atoms with van der Waals surface area (Å²) in [6.45, 7) is 0. The van der Waals surface area contributed by atoms with Crippen LogP contribution in [-0.4, -0.2) is 27.3 Å². The van der Waals surface area contributed by atoms with Crippen LogP contribution in [0.5, 0.6) is 0 Å². The van der Waals surface area contributed by atoms with Crippen LogP contribution in [-0.2, 0) is 5.75 Å². The number of hydrogen-bond acceptors (Lipinski definition) is 8. The molecule has 3 rings (SSSR count). The summed E-state index contributed by atoms with van der Waals surface area (Å²) in [7, 11) is 0. The molecule has 1 aromatic carbocycles. The molecule has 0 aliphatic rings. The first-order valence-electron chi connectivity index (χ1n) is 6.50. The first kappa shape index (κ1) is 16.4. The smallest absolute Gasteiger partial charge is 0.248 e. The van der Waals surface area contributed by atoms with Crippen molar-refractivity contribution in [3.63, 3.8) is 0 Å². The molecule has 1 amide bonds. The first-order valence-corrected chi connectivity index (χ1v) is 10.4. The van der Waals surface area contributed by atoms with Crippen molar-refractivity contribution in [2.75, 3.05) is 6.26 Å². The molecule has 9 heteroatoms. The van der Waals surface area contributed by atoms with Gasteiger partial charge in [0.2, 0.25) is 5.91 Å². The fourth-order valence-electron chi connectivity index (χ4n) is 1.76. The van der Waals surface area contributed by atoms with Crippen LogP contribution in [0.2, 0.25) is 0 Å². The van der Waals surface area contributed by atoms with Gasteiger partial charge in [-0.25, -0.2) is 4.98 Å². The lowest BCUT2D eigenvalue weighted by atomic mass is 10.1. The van der Waals surface area contributed by atoms with E-state index in [-0.39, 0.29) is 0 Å². The maximum absolute atomic E-state index is 11.1. The fraction of sp³-hybridized carbons (Fsp3) is 0.143. The van der Waals surface area contributed by atoms with Crippen molar-refractivity contribution in [1.29, 1.82) is 0 Å². The molecule has 2 heterocycles. The number of carbonyl (C=O) groups excluding carboxylic acids is 1. The number of thioether (sulfide) groups is 2. The lowest BCUT2D eigenvalue weighted by molar-refractivity contribution is 0.100. The Kier molecular flexibility index (Phi) is 5.31. The summed E-state index contributed by atoms with van der Waals surface area (Å²) in [4.78, 5) is 15.7. The van der Waals surface area contributed by atoms with E-state index in [1.165, 1.54) is 0 Å². The number of hydrogen-bond donors (Lipinski definition) is 1. The van der Waals surface area contributed by atoms with E-state index in [2.05, 4.69) is 15.2 Å². The second-order valence-corrected chi connectivity index (χ2v) is 8.52. The van der Waals surface area contributed by atoms with Crippen LogP contribution in [0.3, 0.4) is 0 Å². The molecule has 0 aliphatic heterocycles. The van der Waals surface area contributed by atoms with Gasteiger partial charge in [-0.05, 0) is 18.4 Å². The molecule has 3 aromatic rings. The number of benzene rings is 1. The van der Waals surface area contributed by atoms with Crippen LogP contribution in [0.1, 0.15) is 16.1 Å². The molecular formula is C14H12N4OS4. The lowest BCUT2D eigenvalue weighted by Gasteiger charge is -1.98. The molecule has 23 heavy (non-hydrogen) atoms. The highest BCUT2D eigenvalue weighted by atomic mass is 32.2. The number of nitrogens with two attached hydrogens (primary N) is 1.